The number of halogens is 2. The number of hydrogen-bond donors (Lipinski definition) is 0. The van der Waals surface area contributed by atoms with Crippen molar-refractivity contribution in [2.24, 2.45) is 0 Å². The third kappa shape index (κ3) is 4.22. The van der Waals surface area contributed by atoms with E-state index in [4.69, 9.17) is 11.6 Å². The first kappa shape index (κ1) is 13.8. The van der Waals surface area contributed by atoms with Crippen LogP contribution in [-0.4, -0.2) is 4.98 Å². The first-order valence-corrected chi connectivity index (χ1v) is 5.66. The Labute approximate surface area is 113 Å². The van der Waals surface area contributed by atoms with Crippen molar-refractivity contribution >= 4 is 36.2 Å². The van der Waals surface area contributed by atoms with Gasteiger partial charge >= 0.3 is 0 Å². The second-order valence-corrected chi connectivity index (χ2v) is 3.73. The summed E-state index contributed by atoms with van der Waals surface area (Å²) in [6.07, 6.45) is 5.82. The van der Waals surface area contributed by atoms with Crippen molar-refractivity contribution in [3.63, 3.8) is 0 Å². The molecule has 1 aromatic carbocycles. The van der Waals surface area contributed by atoms with Crippen LogP contribution in [0, 0.1) is 0 Å². The Bertz CT molecular complexity index is 481. The average Bonchev–Trinajstić information content (AvgIpc) is 2.38. The molecule has 0 aliphatic carbocycles. The normalized spacial score (nSPS) is 10.2. The highest BCUT2D eigenvalue weighted by Crippen LogP contribution is 2.10. The molecule has 1 aromatic heterocycles. The standard InChI is InChI=1S/C14H12ClN.ClH/c15-11-13-5-3-4-12(10-13)7-8-14-6-1-2-9-16-14;/h1-10H,11H2;1H/b8-7+;. The van der Waals surface area contributed by atoms with E-state index in [9.17, 15) is 0 Å². The molecule has 1 heterocycles. The van der Waals surface area contributed by atoms with E-state index in [1.807, 2.05) is 42.5 Å². The van der Waals surface area contributed by atoms with Crippen molar-refractivity contribution < 1.29 is 0 Å². The predicted molar refractivity (Wildman–Crippen MR) is 76.4 cm³/mol. The lowest BCUT2D eigenvalue weighted by molar-refractivity contribution is 1.30. The van der Waals surface area contributed by atoms with Gasteiger partial charge in [0, 0.05) is 12.1 Å². The first-order valence-electron chi connectivity index (χ1n) is 5.12. The molecule has 0 atom stereocenters. The topological polar surface area (TPSA) is 12.9 Å². The van der Waals surface area contributed by atoms with Crippen LogP contribution in [0.1, 0.15) is 16.8 Å². The van der Waals surface area contributed by atoms with E-state index in [0.717, 1.165) is 16.8 Å². The van der Waals surface area contributed by atoms with Gasteiger partial charge in [-0.25, -0.2) is 0 Å². The maximum Gasteiger partial charge on any atom is 0.0629 e. The molecule has 3 heteroatoms. The summed E-state index contributed by atoms with van der Waals surface area (Å²) < 4.78 is 0. The molecule has 0 saturated carbocycles. The summed E-state index contributed by atoms with van der Waals surface area (Å²) in [5.41, 5.74) is 3.23. The molecule has 0 spiro atoms. The minimum atomic E-state index is 0. The third-order valence-electron chi connectivity index (χ3n) is 2.24. The molecule has 0 N–H and O–H groups in total. The lowest BCUT2D eigenvalue weighted by atomic mass is 10.1. The molecule has 0 amide bonds. The van der Waals surface area contributed by atoms with Gasteiger partial charge in [0.05, 0.1) is 5.69 Å². The summed E-state index contributed by atoms with van der Waals surface area (Å²) in [6.45, 7) is 0. The Morgan fingerprint density at radius 1 is 1.06 bits per heavy atom. The molecule has 0 aliphatic heterocycles. The monoisotopic (exact) mass is 265 g/mol. The van der Waals surface area contributed by atoms with Gasteiger partial charge in [-0.05, 0) is 29.3 Å². The van der Waals surface area contributed by atoms with Gasteiger partial charge in [0.2, 0.25) is 0 Å². The van der Waals surface area contributed by atoms with Crippen LogP contribution < -0.4 is 0 Å². The van der Waals surface area contributed by atoms with Gasteiger partial charge in [-0.3, -0.25) is 4.98 Å². The minimum absolute atomic E-state index is 0. The van der Waals surface area contributed by atoms with E-state index in [1.165, 1.54) is 0 Å². The van der Waals surface area contributed by atoms with Crippen LogP contribution in [0.2, 0.25) is 0 Å². The van der Waals surface area contributed by atoms with E-state index in [2.05, 4.69) is 17.1 Å². The lowest BCUT2D eigenvalue weighted by Crippen LogP contribution is -1.80. The summed E-state index contributed by atoms with van der Waals surface area (Å²) in [7, 11) is 0. The van der Waals surface area contributed by atoms with Crippen molar-refractivity contribution in [2.75, 3.05) is 0 Å². The number of nitrogens with zero attached hydrogens (tertiary/aromatic N) is 1. The average molecular weight is 266 g/mol. The van der Waals surface area contributed by atoms with E-state index in [0.29, 0.717) is 5.88 Å². The maximum absolute atomic E-state index is 5.78. The number of aromatic nitrogens is 1. The Morgan fingerprint density at radius 3 is 2.65 bits per heavy atom. The molecule has 0 saturated heterocycles. The van der Waals surface area contributed by atoms with Crippen molar-refractivity contribution in [1.82, 2.24) is 4.98 Å². The van der Waals surface area contributed by atoms with Gasteiger partial charge in [0.25, 0.3) is 0 Å². The highest BCUT2D eigenvalue weighted by Gasteiger charge is 1.91. The van der Waals surface area contributed by atoms with Crippen LogP contribution in [-0.2, 0) is 5.88 Å². The van der Waals surface area contributed by atoms with Gasteiger partial charge in [-0.2, -0.15) is 0 Å². The Morgan fingerprint density at radius 2 is 1.94 bits per heavy atom. The van der Waals surface area contributed by atoms with Crippen LogP contribution in [0.25, 0.3) is 12.2 Å². The van der Waals surface area contributed by atoms with E-state index in [-0.39, 0.29) is 12.4 Å². The zero-order chi connectivity index (χ0) is 11.2. The molecule has 2 rings (SSSR count). The largest absolute Gasteiger partial charge is 0.257 e. The Balaban J connectivity index is 0.00000144. The second-order valence-electron chi connectivity index (χ2n) is 3.47. The van der Waals surface area contributed by atoms with Crippen LogP contribution in [0.5, 0.6) is 0 Å². The summed E-state index contributed by atoms with van der Waals surface area (Å²) in [4.78, 5) is 4.22. The molecule has 1 nitrogen and oxygen atoms in total. The maximum atomic E-state index is 5.78. The van der Waals surface area contributed by atoms with Crippen molar-refractivity contribution in [1.29, 1.82) is 0 Å². The highest BCUT2D eigenvalue weighted by molar-refractivity contribution is 6.17. The third-order valence-corrected chi connectivity index (χ3v) is 2.55. The van der Waals surface area contributed by atoms with Gasteiger partial charge in [-0.15, -0.1) is 24.0 Å². The number of rotatable bonds is 3. The quantitative estimate of drug-likeness (QED) is 0.750. The predicted octanol–water partition coefficient (Wildman–Crippen LogP) is 4.41. The number of benzene rings is 1. The summed E-state index contributed by atoms with van der Waals surface area (Å²) in [6, 6.07) is 14.0. The van der Waals surface area contributed by atoms with E-state index in [1.54, 1.807) is 6.20 Å². The van der Waals surface area contributed by atoms with Crippen LogP contribution in [0.3, 0.4) is 0 Å². The van der Waals surface area contributed by atoms with E-state index < -0.39 is 0 Å². The van der Waals surface area contributed by atoms with Gasteiger partial charge < -0.3 is 0 Å². The fraction of sp³-hybridized carbons (Fsp3) is 0.0714. The van der Waals surface area contributed by atoms with Crippen molar-refractivity contribution in [3.05, 3.63) is 65.5 Å². The fourth-order valence-electron chi connectivity index (χ4n) is 1.44. The molecule has 0 radical (unpaired) electrons. The molecular weight excluding hydrogens is 253 g/mol. The van der Waals surface area contributed by atoms with Crippen LogP contribution >= 0.6 is 24.0 Å². The molecule has 2 aromatic rings. The Hall–Kier alpha value is -1.31. The zero-order valence-electron chi connectivity index (χ0n) is 9.21. The van der Waals surface area contributed by atoms with Crippen molar-refractivity contribution in [2.45, 2.75) is 5.88 Å². The molecule has 0 aliphatic rings. The van der Waals surface area contributed by atoms with Crippen LogP contribution in [0.15, 0.2) is 48.7 Å². The second kappa shape index (κ2) is 7.10. The molecule has 0 bridgehead atoms. The minimum Gasteiger partial charge on any atom is -0.257 e. The summed E-state index contributed by atoms with van der Waals surface area (Å²) >= 11 is 5.78. The van der Waals surface area contributed by atoms with Crippen molar-refractivity contribution in [3.8, 4) is 0 Å². The highest BCUT2D eigenvalue weighted by atomic mass is 35.5. The molecule has 17 heavy (non-hydrogen) atoms. The van der Waals surface area contributed by atoms with Gasteiger partial charge in [-0.1, -0.05) is 36.4 Å². The zero-order valence-corrected chi connectivity index (χ0v) is 10.8. The van der Waals surface area contributed by atoms with Gasteiger partial charge in [0.1, 0.15) is 0 Å². The number of pyridine rings is 1. The molecule has 0 fully saturated rings. The number of hydrogen-bond acceptors (Lipinski definition) is 1. The SMILES string of the molecule is Cl.ClCc1cccc(/C=C/c2ccccn2)c1. The molecule has 88 valence electrons. The van der Waals surface area contributed by atoms with Gasteiger partial charge in [0.15, 0.2) is 0 Å². The Kier molecular flexibility index (Phi) is 5.75. The summed E-state index contributed by atoms with van der Waals surface area (Å²) in [5.74, 6) is 0.547. The van der Waals surface area contributed by atoms with Crippen LogP contribution in [0.4, 0.5) is 0 Å². The lowest BCUT2D eigenvalue weighted by Gasteiger charge is -1.97. The molecule has 0 unspecified atom stereocenters. The molecular formula is C14H13Cl2N. The first-order chi connectivity index (χ1) is 7.88. The summed E-state index contributed by atoms with van der Waals surface area (Å²) in [5, 5.41) is 0. The smallest absolute Gasteiger partial charge is 0.0629 e. The van der Waals surface area contributed by atoms with E-state index >= 15 is 0 Å². The number of alkyl halides is 1. The fourth-order valence-corrected chi connectivity index (χ4v) is 1.60.